The Morgan fingerprint density at radius 1 is 1.15 bits per heavy atom. The van der Waals surface area contributed by atoms with E-state index in [4.69, 9.17) is 11.6 Å². The number of ketones is 1. The lowest BCUT2D eigenvalue weighted by Gasteiger charge is -2.33. The summed E-state index contributed by atoms with van der Waals surface area (Å²) >= 11 is 6.09. The van der Waals surface area contributed by atoms with Crippen LogP contribution in [0.4, 0.5) is 13.2 Å². The normalized spacial score (nSPS) is 25.2. The summed E-state index contributed by atoms with van der Waals surface area (Å²) in [5, 5.41) is -0.996. The zero-order valence-corrected chi connectivity index (χ0v) is 11.6. The summed E-state index contributed by atoms with van der Waals surface area (Å²) in [5.41, 5.74) is 0.561. The molecule has 0 N–H and O–H groups in total. The first-order valence-corrected chi connectivity index (χ1v) is 7.14. The molecule has 0 aromatic heterocycles. The van der Waals surface area contributed by atoms with E-state index in [2.05, 4.69) is 0 Å². The molecular formula is C15H16ClF3O. The maximum atomic E-state index is 13.0. The van der Waals surface area contributed by atoms with E-state index in [1.165, 1.54) is 0 Å². The van der Waals surface area contributed by atoms with E-state index >= 15 is 0 Å². The third kappa shape index (κ3) is 3.35. The number of alkyl halides is 4. The Hall–Kier alpha value is -1.03. The van der Waals surface area contributed by atoms with E-state index in [1.807, 2.05) is 0 Å². The zero-order chi connectivity index (χ0) is 14.8. The molecule has 3 atom stereocenters. The highest BCUT2D eigenvalue weighted by Crippen LogP contribution is 2.44. The number of halogens is 4. The Morgan fingerprint density at radius 3 is 2.35 bits per heavy atom. The van der Waals surface area contributed by atoms with Gasteiger partial charge in [0.2, 0.25) is 0 Å². The first kappa shape index (κ1) is 15.4. The molecule has 20 heavy (non-hydrogen) atoms. The van der Waals surface area contributed by atoms with Crippen molar-refractivity contribution in [1.82, 2.24) is 0 Å². The Morgan fingerprint density at radius 2 is 1.75 bits per heavy atom. The third-order valence-corrected chi connectivity index (χ3v) is 4.36. The molecule has 0 aliphatic heterocycles. The second-order valence-electron chi connectivity index (χ2n) is 5.21. The zero-order valence-electron chi connectivity index (χ0n) is 10.9. The average Bonchev–Trinajstić information content (AvgIpc) is 2.46. The van der Waals surface area contributed by atoms with Crippen molar-refractivity contribution >= 4 is 17.4 Å². The van der Waals surface area contributed by atoms with Crippen LogP contribution in [0.1, 0.15) is 36.6 Å². The lowest BCUT2D eigenvalue weighted by molar-refractivity contribution is -0.197. The lowest BCUT2D eigenvalue weighted by Crippen LogP contribution is -2.38. The van der Waals surface area contributed by atoms with E-state index < -0.39 is 29.2 Å². The standard InChI is InChI=1S/C15H16ClF3O/c16-13(10-6-2-1-3-7-10)14(20)11-8-4-5-9-12(11)15(17,18)19/h1-3,6-7,11-13H,4-5,8-9H2. The van der Waals surface area contributed by atoms with Gasteiger partial charge in [-0.1, -0.05) is 43.2 Å². The van der Waals surface area contributed by atoms with Crippen molar-refractivity contribution in [3.8, 4) is 0 Å². The summed E-state index contributed by atoms with van der Waals surface area (Å²) in [6.07, 6.45) is -2.85. The summed E-state index contributed by atoms with van der Waals surface area (Å²) in [6.45, 7) is 0. The summed E-state index contributed by atoms with van der Waals surface area (Å²) in [6, 6.07) is 8.55. The van der Waals surface area contributed by atoms with E-state index in [0.717, 1.165) is 0 Å². The van der Waals surface area contributed by atoms with Crippen molar-refractivity contribution in [3.05, 3.63) is 35.9 Å². The van der Waals surface area contributed by atoms with Gasteiger partial charge in [0, 0.05) is 5.92 Å². The van der Waals surface area contributed by atoms with Crippen LogP contribution in [0.2, 0.25) is 0 Å². The fourth-order valence-corrected chi connectivity index (χ4v) is 3.14. The number of Topliss-reactive ketones (excluding diaryl/α,β-unsaturated/α-hetero) is 1. The lowest BCUT2D eigenvalue weighted by atomic mass is 9.75. The Labute approximate surface area is 121 Å². The first-order valence-electron chi connectivity index (χ1n) is 6.70. The summed E-state index contributed by atoms with van der Waals surface area (Å²) in [7, 11) is 0. The van der Waals surface area contributed by atoms with Crippen LogP contribution >= 0.6 is 11.6 Å². The number of hydrogen-bond donors (Lipinski definition) is 0. The van der Waals surface area contributed by atoms with Gasteiger partial charge in [-0.15, -0.1) is 11.6 Å². The SMILES string of the molecule is O=C(C(Cl)c1ccccc1)C1CCCCC1C(F)(F)F. The molecule has 1 aromatic rings. The fourth-order valence-electron chi connectivity index (χ4n) is 2.84. The van der Waals surface area contributed by atoms with Crippen LogP contribution in [0.25, 0.3) is 0 Å². The molecule has 0 amide bonds. The minimum absolute atomic E-state index is 0.0261. The largest absolute Gasteiger partial charge is 0.392 e. The highest BCUT2D eigenvalue weighted by atomic mass is 35.5. The van der Waals surface area contributed by atoms with Crippen LogP contribution in [0, 0.1) is 11.8 Å². The van der Waals surface area contributed by atoms with Gasteiger partial charge < -0.3 is 0 Å². The smallest absolute Gasteiger partial charge is 0.297 e. The van der Waals surface area contributed by atoms with Crippen LogP contribution in [-0.2, 0) is 4.79 Å². The first-order chi connectivity index (χ1) is 9.41. The third-order valence-electron chi connectivity index (χ3n) is 3.89. The van der Waals surface area contributed by atoms with E-state index in [1.54, 1.807) is 30.3 Å². The predicted octanol–water partition coefficient (Wildman–Crippen LogP) is 4.90. The molecule has 1 aromatic carbocycles. The molecule has 110 valence electrons. The van der Waals surface area contributed by atoms with Gasteiger partial charge in [-0.05, 0) is 18.4 Å². The minimum Gasteiger partial charge on any atom is -0.297 e. The Balaban J connectivity index is 2.18. The van der Waals surface area contributed by atoms with Crippen LogP contribution in [0.15, 0.2) is 30.3 Å². The number of benzene rings is 1. The number of hydrogen-bond acceptors (Lipinski definition) is 1. The van der Waals surface area contributed by atoms with Gasteiger partial charge in [0.05, 0.1) is 5.92 Å². The average molecular weight is 305 g/mol. The van der Waals surface area contributed by atoms with Crippen molar-refractivity contribution < 1.29 is 18.0 Å². The molecule has 3 unspecified atom stereocenters. The molecule has 1 aliphatic carbocycles. The number of carbonyl (C=O) groups is 1. The molecule has 1 aliphatic rings. The van der Waals surface area contributed by atoms with Gasteiger partial charge in [0.15, 0.2) is 5.78 Å². The molecular weight excluding hydrogens is 289 g/mol. The second-order valence-corrected chi connectivity index (χ2v) is 5.65. The van der Waals surface area contributed by atoms with Crippen molar-refractivity contribution in [3.63, 3.8) is 0 Å². The molecule has 5 heteroatoms. The molecule has 0 radical (unpaired) electrons. The fraction of sp³-hybridized carbons (Fsp3) is 0.533. The van der Waals surface area contributed by atoms with Crippen LogP contribution in [-0.4, -0.2) is 12.0 Å². The minimum atomic E-state index is -4.33. The molecule has 0 spiro atoms. The molecule has 0 bridgehead atoms. The summed E-state index contributed by atoms with van der Waals surface area (Å²) in [4.78, 5) is 12.3. The van der Waals surface area contributed by atoms with Crippen molar-refractivity contribution in [2.45, 2.75) is 37.2 Å². The highest BCUT2D eigenvalue weighted by molar-refractivity contribution is 6.31. The predicted molar refractivity (Wildman–Crippen MR) is 71.5 cm³/mol. The van der Waals surface area contributed by atoms with Crippen LogP contribution in [0.5, 0.6) is 0 Å². The van der Waals surface area contributed by atoms with E-state index in [9.17, 15) is 18.0 Å². The quantitative estimate of drug-likeness (QED) is 0.726. The Bertz CT molecular complexity index is 458. The molecule has 1 nitrogen and oxygen atoms in total. The maximum absolute atomic E-state index is 13.0. The highest BCUT2D eigenvalue weighted by Gasteiger charge is 2.48. The summed E-state index contributed by atoms with van der Waals surface area (Å²) < 4.78 is 39.1. The van der Waals surface area contributed by atoms with Gasteiger partial charge in [-0.2, -0.15) is 13.2 Å². The van der Waals surface area contributed by atoms with Gasteiger partial charge >= 0.3 is 6.18 Å². The molecule has 0 saturated heterocycles. The molecule has 1 saturated carbocycles. The van der Waals surface area contributed by atoms with Gasteiger partial charge in [-0.3, -0.25) is 4.79 Å². The van der Waals surface area contributed by atoms with Gasteiger partial charge in [-0.25, -0.2) is 0 Å². The van der Waals surface area contributed by atoms with Crippen LogP contribution in [0.3, 0.4) is 0 Å². The van der Waals surface area contributed by atoms with Gasteiger partial charge in [0.25, 0.3) is 0 Å². The van der Waals surface area contributed by atoms with Crippen molar-refractivity contribution in [2.24, 2.45) is 11.8 Å². The van der Waals surface area contributed by atoms with Crippen LogP contribution < -0.4 is 0 Å². The van der Waals surface area contributed by atoms with Crippen molar-refractivity contribution in [1.29, 1.82) is 0 Å². The number of carbonyl (C=O) groups excluding carboxylic acids is 1. The second kappa shape index (κ2) is 6.17. The topological polar surface area (TPSA) is 17.1 Å². The van der Waals surface area contributed by atoms with E-state index in [0.29, 0.717) is 18.4 Å². The number of rotatable bonds is 3. The Kier molecular flexibility index (Phi) is 4.74. The molecule has 0 heterocycles. The van der Waals surface area contributed by atoms with E-state index in [-0.39, 0.29) is 12.8 Å². The summed E-state index contributed by atoms with van der Waals surface area (Å²) in [5.74, 6) is -3.06. The molecule has 2 rings (SSSR count). The maximum Gasteiger partial charge on any atom is 0.392 e. The monoisotopic (exact) mass is 304 g/mol. The van der Waals surface area contributed by atoms with Crippen molar-refractivity contribution in [2.75, 3.05) is 0 Å². The molecule has 1 fully saturated rings. The van der Waals surface area contributed by atoms with Gasteiger partial charge in [0.1, 0.15) is 5.38 Å².